The van der Waals surface area contributed by atoms with Gasteiger partial charge in [-0.15, -0.1) is 0 Å². The molecule has 0 radical (unpaired) electrons. The summed E-state index contributed by atoms with van der Waals surface area (Å²) in [5.41, 5.74) is 6.28. The van der Waals surface area contributed by atoms with Crippen LogP contribution in [0.4, 0.5) is 5.69 Å². The Hall–Kier alpha value is -1.09. The number of halogens is 3. The van der Waals surface area contributed by atoms with E-state index in [-0.39, 0.29) is 0 Å². The summed E-state index contributed by atoms with van der Waals surface area (Å²) in [4.78, 5) is 0. The SMILES string of the molecule is Nc1ccccc1Oc1cc(Cl)c(Cl)cc1Cl. The highest BCUT2D eigenvalue weighted by Crippen LogP contribution is 2.37. The Bertz CT molecular complexity index is 557. The molecule has 5 heteroatoms. The summed E-state index contributed by atoms with van der Waals surface area (Å²) in [6.45, 7) is 0. The van der Waals surface area contributed by atoms with E-state index in [0.29, 0.717) is 32.3 Å². The van der Waals surface area contributed by atoms with E-state index in [9.17, 15) is 0 Å². The number of nitrogen functional groups attached to an aromatic ring is 1. The van der Waals surface area contributed by atoms with Crippen molar-refractivity contribution in [1.82, 2.24) is 0 Å². The lowest BCUT2D eigenvalue weighted by Gasteiger charge is -2.10. The fourth-order valence-electron chi connectivity index (χ4n) is 1.27. The molecule has 0 bridgehead atoms. The predicted molar refractivity (Wildman–Crippen MR) is 72.4 cm³/mol. The minimum Gasteiger partial charge on any atom is -0.454 e. The van der Waals surface area contributed by atoms with Gasteiger partial charge >= 0.3 is 0 Å². The van der Waals surface area contributed by atoms with E-state index in [1.807, 2.05) is 12.1 Å². The van der Waals surface area contributed by atoms with Crippen molar-refractivity contribution in [2.75, 3.05) is 5.73 Å². The highest BCUT2D eigenvalue weighted by atomic mass is 35.5. The smallest absolute Gasteiger partial charge is 0.150 e. The first-order valence-corrected chi connectivity index (χ1v) is 5.88. The van der Waals surface area contributed by atoms with Crippen molar-refractivity contribution in [3.63, 3.8) is 0 Å². The second-order valence-electron chi connectivity index (χ2n) is 3.34. The van der Waals surface area contributed by atoms with E-state index in [4.69, 9.17) is 45.3 Å². The van der Waals surface area contributed by atoms with Gasteiger partial charge in [0.15, 0.2) is 0 Å². The molecule has 0 aliphatic heterocycles. The van der Waals surface area contributed by atoms with E-state index < -0.39 is 0 Å². The number of para-hydroxylation sites is 2. The molecule has 17 heavy (non-hydrogen) atoms. The molecule has 88 valence electrons. The Morgan fingerprint density at radius 3 is 2.18 bits per heavy atom. The van der Waals surface area contributed by atoms with Gasteiger partial charge in [0.1, 0.15) is 11.5 Å². The van der Waals surface area contributed by atoms with Gasteiger partial charge in [0, 0.05) is 6.07 Å². The lowest BCUT2D eigenvalue weighted by Crippen LogP contribution is -1.92. The predicted octanol–water partition coefficient (Wildman–Crippen LogP) is 5.02. The van der Waals surface area contributed by atoms with Gasteiger partial charge in [0.25, 0.3) is 0 Å². The molecule has 0 aliphatic rings. The van der Waals surface area contributed by atoms with Crippen LogP contribution in [0.1, 0.15) is 0 Å². The van der Waals surface area contributed by atoms with Crippen molar-refractivity contribution in [3.05, 3.63) is 51.5 Å². The van der Waals surface area contributed by atoms with Crippen LogP contribution in [-0.4, -0.2) is 0 Å². The Morgan fingerprint density at radius 2 is 1.47 bits per heavy atom. The minimum absolute atomic E-state index is 0.376. The van der Waals surface area contributed by atoms with E-state index in [1.54, 1.807) is 18.2 Å². The maximum absolute atomic E-state index is 5.99. The van der Waals surface area contributed by atoms with Gasteiger partial charge in [-0.1, -0.05) is 46.9 Å². The molecule has 2 N–H and O–H groups in total. The molecule has 0 fully saturated rings. The monoisotopic (exact) mass is 287 g/mol. The van der Waals surface area contributed by atoms with Gasteiger partial charge in [-0.25, -0.2) is 0 Å². The quantitative estimate of drug-likeness (QED) is 0.622. The second-order valence-corrected chi connectivity index (χ2v) is 4.56. The molecule has 0 aliphatic carbocycles. The molecule has 2 aromatic rings. The van der Waals surface area contributed by atoms with Gasteiger partial charge in [-0.3, -0.25) is 0 Å². The number of hydrogen-bond donors (Lipinski definition) is 1. The lowest BCUT2D eigenvalue weighted by atomic mass is 10.3. The second kappa shape index (κ2) is 5.05. The summed E-state index contributed by atoms with van der Waals surface area (Å²) in [5, 5.41) is 1.13. The number of benzene rings is 2. The van der Waals surface area contributed by atoms with Crippen LogP contribution in [0.25, 0.3) is 0 Å². The average molecular weight is 289 g/mol. The summed E-state index contributed by atoms with van der Waals surface area (Å²) >= 11 is 17.7. The molecule has 0 saturated heterocycles. The third-order valence-electron chi connectivity index (χ3n) is 2.11. The molecule has 2 nitrogen and oxygen atoms in total. The van der Waals surface area contributed by atoms with E-state index in [0.717, 1.165) is 0 Å². The number of ether oxygens (including phenoxy) is 1. The largest absolute Gasteiger partial charge is 0.454 e. The van der Waals surface area contributed by atoms with Crippen molar-refractivity contribution in [1.29, 1.82) is 0 Å². The van der Waals surface area contributed by atoms with Crippen molar-refractivity contribution in [2.24, 2.45) is 0 Å². The van der Waals surface area contributed by atoms with Crippen molar-refractivity contribution >= 4 is 40.5 Å². The third kappa shape index (κ3) is 2.78. The first kappa shape index (κ1) is 12.4. The number of anilines is 1. The number of hydrogen-bond acceptors (Lipinski definition) is 2. The lowest BCUT2D eigenvalue weighted by molar-refractivity contribution is 0.485. The van der Waals surface area contributed by atoms with Gasteiger partial charge in [0.2, 0.25) is 0 Å². The van der Waals surface area contributed by atoms with Crippen LogP contribution in [0.3, 0.4) is 0 Å². The fourth-order valence-corrected chi connectivity index (χ4v) is 1.85. The normalized spacial score (nSPS) is 10.3. The van der Waals surface area contributed by atoms with Crippen LogP contribution in [-0.2, 0) is 0 Å². The standard InChI is InChI=1S/C12H8Cl3NO/c13-7-5-9(15)12(6-8(7)14)17-11-4-2-1-3-10(11)16/h1-6H,16H2. The molecule has 0 spiro atoms. The molecular weight excluding hydrogens is 280 g/mol. The molecule has 0 heterocycles. The zero-order chi connectivity index (χ0) is 12.4. The first-order valence-electron chi connectivity index (χ1n) is 4.75. The van der Waals surface area contributed by atoms with Crippen LogP contribution in [0, 0.1) is 0 Å². The van der Waals surface area contributed by atoms with Crippen LogP contribution < -0.4 is 10.5 Å². The zero-order valence-electron chi connectivity index (χ0n) is 8.58. The minimum atomic E-state index is 0.376. The highest BCUT2D eigenvalue weighted by Gasteiger charge is 2.09. The molecule has 2 rings (SSSR count). The molecule has 0 atom stereocenters. The van der Waals surface area contributed by atoms with E-state index in [2.05, 4.69) is 0 Å². The summed E-state index contributed by atoms with van der Waals surface area (Å²) in [7, 11) is 0. The van der Waals surface area contributed by atoms with Crippen LogP contribution in [0.15, 0.2) is 36.4 Å². The highest BCUT2D eigenvalue weighted by molar-refractivity contribution is 6.43. The molecule has 0 unspecified atom stereocenters. The summed E-state index contributed by atoms with van der Waals surface area (Å²) in [6, 6.07) is 10.2. The first-order chi connectivity index (χ1) is 8.08. The Kier molecular flexibility index (Phi) is 3.67. The number of rotatable bonds is 2. The molecule has 0 saturated carbocycles. The van der Waals surface area contributed by atoms with E-state index in [1.165, 1.54) is 6.07 Å². The molecule has 0 amide bonds. The van der Waals surface area contributed by atoms with Crippen molar-refractivity contribution in [2.45, 2.75) is 0 Å². The molecular formula is C12H8Cl3NO. The average Bonchev–Trinajstić information content (AvgIpc) is 2.29. The Morgan fingerprint density at radius 1 is 0.824 bits per heavy atom. The van der Waals surface area contributed by atoms with Crippen molar-refractivity contribution < 1.29 is 4.74 Å². The fraction of sp³-hybridized carbons (Fsp3) is 0. The van der Waals surface area contributed by atoms with Crippen molar-refractivity contribution in [3.8, 4) is 11.5 Å². The summed E-state index contributed by atoms with van der Waals surface area (Å²) < 4.78 is 5.58. The molecule has 2 aromatic carbocycles. The van der Waals surface area contributed by atoms with Crippen LogP contribution in [0.5, 0.6) is 11.5 Å². The van der Waals surface area contributed by atoms with Gasteiger partial charge < -0.3 is 10.5 Å². The third-order valence-corrected chi connectivity index (χ3v) is 3.13. The van der Waals surface area contributed by atoms with Gasteiger partial charge in [-0.05, 0) is 18.2 Å². The van der Waals surface area contributed by atoms with E-state index >= 15 is 0 Å². The number of nitrogens with two attached hydrogens (primary N) is 1. The van der Waals surface area contributed by atoms with Gasteiger partial charge in [-0.2, -0.15) is 0 Å². The maximum atomic E-state index is 5.99. The van der Waals surface area contributed by atoms with Crippen LogP contribution >= 0.6 is 34.8 Å². The Labute approximate surface area is 114 Å². The maximum Gasteiger partial charge on any atom is 0.150 e. The van der Waals surface area contributed by atoms with Crippen LogP contribution in [0.2, 0.25) is 15.1 Å². The molecule has 0 aromatic heterocycles. The van der Waals surface area contributed by atoms with Gasteiger partial charge in [0.05, 0.1) is 20.8 Å². The topological polar surface area (TPSA) is 35.2 Å². The zero-order valence-corrected chi connectivity index (χ0v) is 10.9. The summed E-state index contributed by atoms with van der Waals surface area (Å²) in [6.07, 6.45) is 0. The Balaban J connectivity index is 2.37. The summed E-state index contributed by atoms with van der Waals surface area (Å²) in [5.74, 6) is 0.937.